The molecule has 5 heteroatoms. The Balaban J connectivity index is 1.63. The first-order chi connectivity index (χ1) is 12.5. The van der Waals surface area contributed by atoms with Gasteiger partial charge in [0.25, 0.3) is 0 Å². The van der Waals surface area contributed by atoms with Crippen molar-refractivity contribution in [1.82, 2.24) is 14.9 Å². The van der Waals surface area contributed by atoms with Crippen LogP contribution in [-0.2, 0) is 0 Å². The van der Waals surface area contributed by atoms with E-state index in [1.165, 1.54) is 30.8 Å². The molecule has 4 atom stereocenters. The first kappa shape index (κ1) is 17.4. The molecule has 3 aliphatic heterocycles. The van der Waals surface area contributed by atoms with Gasteiger partial charge in [-0.05, 0) is 50.4 Å². The number of nitrogens with zero attached hydrogens (tertiary/aromatic N) is 4. The summed E-state index contributed by atoms with van der Waals surface area (Å²) in [6.45, 7) is 5.05. The van der Waals surface area contributed by atoms with Gasteiger partial charge >= 0.3 is 0 Å². The molecule has 138 valence electrons. The van der Waals surface area contributed by atoms with E-state index in [-0.39, 0.29) is 0 Å². The molecule has 0 amide bonds. The lowest BCUT2D eigenvalue weighted by Crippen LogP contribution is -2.55. The summed E-state index contributed by atoms with van der Waals surface area (Å²) in [6, 6.07) is 11.4. The molecule has 3 fully saturated rings. The summed E-state index contributed by atoms with van der Waals surface area (Å²) >= 11 is 0. The number of piperidine rings is 3. The van der Waals surface area contributed by atoms with Gasteiger partial charge in [-0.1, -0.05) is 12.1 Å². The highest BCUT2D eigenvalue weighted by Gasteiger charge is 2.40. The van der Waals surface area contributed by atoms with Crippen LogP contribution in [0.4, 0.5) is 5.69 Å². The molecule has 1 unspecified atom stereocenters. The number of hydrogen-bond donors (Lipinski definition) is 1. The highest BCUT2D eigenvalue weighted by Crippen LogP contribution is 2.41. The van der Waals surface area contributed by atoms with E-state index in [9.17, 15) is 0 Å². The zero-order valence-corrected chi connectivity index (χ0v) is 16.0. The Hall–Kier alpha value is -1.98. The molecule has 0 radical (unpaired) electrons. The second-order valence-electron chi connectivity index (χ2n) is 7.94. The van der Waals surface area contributed by atoms with E-state index in [1.54, 1.807) is 0 Å². The van der Waals surface area contributed by atoms with Crippen molar-refractivity contribution in [2.24, 2.45) is 11.7 Å². The molecule has 2 N–H and O–H groups in total. The van der Waals surface area contributed by atoms with Crippen LogP contribution in [0.5, 0.6) is 0 Å². The summed E-state index contributed by atoms with van der Waals surface area (Å²) in [5.41, 5.74) is 10.6. The van der Waals surface area contributed by atoms with Crippen LogP contribution in [0.15, 0.2) is 30.3 Å². The maximum Gasteiger partial charge on any atom is 0.126 e. The van der Waals surface area contributed by atoms with Gasteiger partial charge in [0.2, 0.25) is 0 Å². The fourth-order valence-electron chi connectivity index (χ4n) is 4.58. The van der Waals surface area contributed by atoms with Gasteiger partial charge in [-0.2, -0.15) is 0 Å². The molecule has 0 aliphatic carbocycles. The zero-order chi connectivity index (χ0) is 18.3. The Kier molecular flexibility index (Phi) is 4.67. The number of hydrogen-bond acceptors (Lipinski definition) is 5. The normalized spacial score (nSPS) is 27.5. The van der Waals surface area contributed by atoms with Crippen LogP contribution in [-0.4, -0.2) is 54.6 Å². The van der Waals surface area contributed by atoms with Crippen LogP contribution in [0.2, 0.25) is 0 Å². The van der Waals surface area contributed by atoms with E-state index in [0.717, 1.165) is 30.2 Å². The molecule has 0 saturated carbocycles. The third kappa shape index (κ3) is 3.21. The summed E-state index contributed by atoms with van der Waals surface area (Å²) in [5, 5.41) is 0. The maximum absolute atomic E-state index is 5.96. The fourth-order valence-corrected chi connectivity index (χ4v) is 4.58. The molecule has 1 aromatic carbocycles. The van der Waals surface area contributed by atoms with Crippen LogP contribution in [0.1, 0.15) is 30.3 Å². The predicted octanol–water partition coefficient (Wildman–Crippen LogP) is 2.65. The monoisotopic (exact) mass is 351 g/mol. The zero-order valence-electron chi connectivity index (χ0n) is 16.0. The second kappa shape index (κ2) is 6.97. The summed E-state index contributed by atoms with van der Waals surface area (Å²) < 4.78 is 0. The first-order valence-corrected chi connectivity index (χ1v) is 9.62. The predicted molar refractivity (Wildman–Crippen MR) is 106 cm³/mol. The maximum atomic E-state index is 5.96. The summed E-state index contributed by atoms with van der Waals surface area (Å²) in [6.07, 6.45) is 2.47. The van der Waals surface area contributed by atoms with Crippen molar-refractivity contribution in [2.45, 2.75) is 31.7 Å². The fraction of sp³-hybridized carbons (Fsp3) is 0.524. The van der Waals surface area contributed by atoms with E-state index in [2.05, 4.69) is 54.2 Å². The highest BCUT2D eigenvalue weighted by atomic mass is 15.2. The standard InChI is InChI=1S/C21H29N5/c1-14-23-20(15-4-6-17(7-5-15)25(2)3)11-21(24-14)19-13-26-9-8-16(19)10-18(26)12-22/h4-7,11,16,18-19H,8-10,12-13,22H2,1-3H3/t16-,18+,19-/m0/s1. The SMILES string of the molecule is Cc1nc(-c2ccc(N(C)C)cc2)cc([C@H]2CN3CC[C@H]2C[C@@H]3CN)n1. The van der Waals surface area contributed by atoms with Gasteiger partial charge in [0.15, 0.2) is 0 Å². The van der Waals surface area contributed by atoms with Crippen molar-refractivity contribution in [3.8, 4) is 11.3 Å². The number of aromatic nitrogens is 2. The number of nitrogens with two attached hydrogens (primary N) is 1. The lowest BCUT2D eigenvalue weighted by atomic mass is 9.74. The van der Waals surface area contributed by atoms with E-state index in [0.29, 0.717) is 17.9 Å². The lowest BCUT2D eigenvalue weighted by molar-refractivity contribution is 0.0333. The molecule has 2 bridgehead atoms. The van der Waals surface area contributed by atoms with Crippen molar-refractivity contribution >= 4 is 5.69 Å². The van der Waals surface area contributed by atoms with Gasteiger partial charge in [-0.3, -0.25) is 4.90 Å². The summed E-state index contributed by atoms with van der Waals surface area (Å²) in [7, 11) is 4.12. The van der Waals surface area contributed by atoms with Gasteiger partial charge in [0, 0.05) is 56.1 Å². The van der Waals surface area contributed by atoms with E-state index in [4.69, 9.17) is 15.7 Å². The number of rotatable bonds is 4. The topological polar surface area (TPSA) is 58.3 Å². The molecule has 1 aromatic heterocycles. The molecule has 3 aliphatic rings. The van der Waals surface area contributed by atoms with Gasteiger partial charge in [-0.25, -0.2) is 9.97 Å². The Morgan fingerprint density at radius 1 is 1.19 bits per heavy atom. The van der Waals surface area contributed by atoms with Crippen molar-refractivity contribution in [3.05, 3.63) is 41.9 Å². The van der Waals surface area contributed by atoms with Crippen LogP contribution < -0.4 is 10.6 Å². The average Bonchev–Trinajstić information content (AvgIpc) is 2.67. The van der Waals surface area contributed by atoms with Crippen LogP contribution >= 0.6 is 0 Å². The van der Waals surface area contributed by atoms with E-state index >= 15 is 0 Å². The smallest absolute Gasteiger partial charge is 0.126 e. The van der Waals surface area contributed by atoms with Gasteiger partial charge < -0.3 is 10.6 Å². The van der Waals surface area contributed by atoms with E-state index in [1.807, 2.05) is 6.92 Å². The van der Waals surface area contributed by atoms with Gasteiger partial charge in [-0.15, -0.1) is 0 Å². The minimum Gasteiger partial charge on any atom is -0.378 e. The largest absolute Gasteiger partial charge is 0.378 e. The number of aryl methyl sites for hydroxylation is 1. The molecule has 26 heavy (non-hydrogen) atoms. The summed E-state index contributed by atoms with van der Waals surface area (Å²) in [4.78, 5) is 14.2. The molecule has 3 saturated heterocycles. The van der Waals surface area contributed by atoms with E-state index < -0.39 is 0 Å². The van der Waals surface area contributed by atoms with Gasteiger partial charge in [0.05, 0.1) is 5.69 Å². The van der Waals surface area contributed by atoms with Gasteiger partial charge in [0.1, 0.15) is 5.82 Å². The van der Waals surface area contributed by atoms with Crippen molar-refractivity contribution in [3.63, 3.8) is 0 Å². The Morgan fingerprint density at radius 2 is 1.96 bits per heavy atom. The number of benzene rings is 1. The third-order valence-corrected chi connectivity index (χ3v) is 6.07. The Labute approximate surface area is 156 Å². The van der Waals surface area contributed by atoms with Crippen molar-refractivity contribution in [1.29, 1.82) is 0 Å². The van der Waals surface area contributed by atoms with Crippen LogP contribution in [0, 0.1) is 12.8 Å². The van der Waals surface area contributed by atoms with Crippen molar-refractivity contribution in [2.75, 3.05) is 38.6 Å². The van der Waals surface area contributed by atoms with Crippen molar-refractivity contribution < 1.29 is 0 Å². The molecular weight excluding hydrogens is 322 g/mol. The quantitative estimate of drug-likeness (QED) is 0.918. The summed E-state index contributed by atoms with van der Waals surface area (Å²) in [5.74, 6) is 2.07. The van der Waals surface area contributed by atoms with Crippen LogP contribution in [0.25, 0.3) is 11.3 Å². The third-order valence-electron chi connectivity index (χ3n) is 6.07. The molecule has 0 spiro atoms. The Morgan fingerprint density at radius 3 is 2.58 bits per heavy atom. The first-order valence-electron chi connectivity index (χ1n) is 9.62. The molecule has 5 rings (SSSR count). The lowest BCUT2D eigenvalue weighted by Gasteiger charge is -2.49. The molecule has 4 heterocycles. The minimum atomic E-state index is 0.507. The highest BCUT2D eigenvalue weighted by molar-refractivity contribution is 5.63. The number of fused-ring (bicyclic) bond motifs is 3. The minimum absolute atomic E-state index is 0.507. The number of anilines is 1. The molecule has 5 nitrogen and oxygen atoms in total. The van der Waals surface area contributed by atoms with Crippen LogP contribution in [0.3, 0.4) is 0 Å². The average molecular weight is 351 g/mol. The molecular formula is C21H29N5. The second-order valence-corrected chi connectivity index (χ2v) is 7.94. The molecule has 2 aromatic rings. The Bertz CT molecular complexity index is 770.